The average molecular weight is 920 g/mol. The molecule has 18 nitrogen and oxygen atoms in total. The minimum absolute atomic E-state index is 0.00420. The number of nitrogens with zero attached hydrogens (tertiary/aromatic N) is 3. The normalized spacial score (nSPS) is 17.1. The Kier molecular flexibility index (Phi) is 18.8. The third-order valence-electron chi connectivity index (χ3n) is 11.1. The van der Waals surface area contributed by atoms with Crippen LogP contribution in [0.25, 0.3) is 16.7 Å². The van der Waals surface area contributed by atoms with Gasteiger partial charge in [-0.3, -0.25) is 29.0 Å². The number of nitrogen functional groups attached to an aromatic ring is 1. The van der Waals surface area contributed by atoms with Crippen LogP contribution in [-0.2, 0) is 25.6 Å². The lowest BCUT2D eigenvalue weighted by atomic mass is 9.86. The molecule has 0 fully saturated rings. The molecule has 0 aliphatic carbocycles. The second kappa shape index (κ2) is 23.9. The molecule has 2 aromatic carbocycles. The van der Waals surface area contributed by atoms with Gasteiger partial charge in [-0.2, -0.15) is 5.26 Å². The number of carbonyl (C=O) groups is 5. The molecule has 0 unspecified atom stereocenters. The summed E-state index contributed by atoms with van der Waals surface area (Å²) >= 11 is 0. The van der Waals surface area contributed by atoms with E-state index in [1.165, 1.54) is 24.9 Å². The Morgan fingerprint density at radius 3 is 2.22 bits per heavy atom. The van der Waals surface area contributed by atoms with Crippen molar-refractivity contribution in [3.8, 4) is 28.7 Å². The Balaban J connectivity index is 1.82. The fraction of sp³-hybridized carbons (Fsp3) is 0.408. The molecule has 18 heteroatoms. The number of pyridine rings is 1. The molecule has 4 atom stereocenters. The monoisotopic (exact) mass is 920 g/mol. The highest BCUT2D eigenvalue weighted by atomic mass is 16.5. The van der Waals surface area contributed by atoms with Crippen molar-refractivity contribution < 1.29 is 33.4 Å². The Morgan fingerprint density at radius 2 is 1.63 bits per heavy atom. The molecule has 0 spiro atoms. The van der Waals surface area contributed by atoms with Crippen LogP contribution >= 0.6 is 0 Å². The van der Waals surface area contributed by atoms with Gasteiger partial charge in [0, 0.05) is 37.7 Å². The summed E-state index contributed by atoms with van der Waals surface area (Å²) < 4.78 is 12.2. The fourth-order valence-corrected chi connectivity index (χ4v) is 7.45. The fourth-order valence-electron chi connectivity index (χ4n) is 7.45. The van der Waals surface area contributed by atoms with Crippen LogP contribution in [0.1, 0.15) is 80.0 Å². The summed E-state index contributed by atoms with van der Waals surface area (Å²) in [5.41, 5.74) is 28.9. The molecule has 4 bridgehead atoms. The molecule has 67 heavy (non-hydrogen) atoms. The number of allylic oxidation sites excluding steroid dienone is 5. The van der Waals surface area contributed by atoms with Gasteiger partial charge in [-0.1, -0.05) is 57.7 Å². The highest BCUT2D eigenvalue weighted by Gasteiger charge is 2.36. The zero-order chi connectivity index (χ0) is 49.6. The summed E-state index contributed by atoms with van der Waals surface area (Å²) in [4.78, 5) is 76.3. The number of fused-ring (bicyclic) bond motifs is 5. The summed E-state index contributed by atoms with van der Waals surface area (Å²) in [5.74, 6) is -2.67. The first-order valence-electron chi connectivity index (χ1n) is 22.0. The quantitative estimate of drug-likeness (QED) is 0.0715. The van der Waals surface area contributed by atoms with E-state index in [-0.39, 0.29) is 68.9 Å². The largest absolute Gasteiger partial charge is 0.492 e. The first kappa shape index (κ1) is 52.6. The molecule has 5 amide bonds. The van der Waals surface area contributed by atoms with Crippen LogP contribution in [0.5, 0.6) is 11.5 Å². The molecular weight excluding hydrogens is 855 g/mol. The van der Waals surface area contributed by atoms with Crippen LogP contribution in [-0.4, -0.2) is 104 Å². The van der Waals surface area contributed by atoms with Gasteiger partial charge < -0.3 is 58.6 Å². The van der Waals surface area contributed by atoms with E-state index in [9.17, 15) is 24.0 Å². The van der Waals surface area contributed by atoms with Gasteiger partial charge in [-0.05, 0) is 91.8 Å². The summed E-state index contributed by atoms with van der Waals surface area (Å²) in [7, 11) is 1.40. The van der Waals surface area contributed by atoms with Crippen molar-refractivity contribution in [2.45, 2.75) is 78.6 Å². The van der Waals surface area contributed by atoms with Crippen molar-refractivity contribution in [1.29, 1.82) is 5.26 Å². The summed E-state index contributed by atoms with van der Waals surface area (Å²) in [6.45, 7) is 15.4. The second-order valence-corrected chi connectivity index (χ2v) is 17.2. The van der Waals surface area contributed by atoms with Crippen molar-refractivity contribution in [3.63, 3.8) is 0 Å². The predicted octanol–water partition coefficient (Wildman–Crippen LogP) is 2.71. The molecule has 1 aliphatic rings. The number of hydrogen-bond donors (Lipinski definition) is 8. The van der Waals surface area contributed by atoms with E-state index >= 15 is 0 Å². The van der Waals surface area contributed by atoms with E-state index in [1.54, 1.807) is 49.4 Å². The average Bonchev–Trinajstić information content (AvgIpc) is 3.28. The standard InChI is InChI=1S/C49H65N11O7/c1-9-33(49(5,6)7)13-10-28(2)42-37(54)27-34(29(3)56-42)45(62)58-38(16-17-50)48(65)60(8)43-32-12-15-41(67-23-20-53)36(26-32)35-24-31(11-14-40(35)66-22-19-52)25-39(46(63)55-21-18-51)59-44(61)30(4)57-47(43)64/h9-15,24,26-27,30,38-39,43H,1,16-17,19-23,25,50,52-54H2,2-8H3,(H,55,63)(H,57,64)(H,58,62)(H,59,61)/b28-10+,33-13+/t30-,38-,39-,43-/m0/s1. The SMILES string of the molecule is C=C/C(=C\C=C(/C)c1nc(C)c(C(=O)N[C@@H](CCN)C(=O)N(C)[C@@H]2C(=O)N[C@@H](C)C(=O)N[C@H](C(=O)NCC#N)Cc3ccc(OCCN)c(c3)-c3cc2ccc3OCCN)cc1N)C(C)(C)C. The number of anilines is 1. The smallest absolute Gasteiger partial charge is 0.253 e. The van der Waals surface area contributed by atoms with Crippen LogP contribution in [0.3, 0.4) is 0 Å². The molecule has 2 heterocycles. The van der Waals surface area contributed by atoms with Crippen molar-refractivity contribution in [2.24, 2.45) is 22.6 Å². The minimum atomic E-state index is -1.42. The van der Waals surface area contributed by atoms with Gasteiger partial charge >= 0.3 is 0 Å². The number of amides is 5. The van der Waals surface area contributed by atoms with E-state index in [0.29, 0.717) is 45.1 Å². The van der Waals surface area contributed by atoms with Crippen molar-refractivity contribution >= 4 is 40.8 Å². The van der Waals surface area contributed by atoms with E-state index in [1.807, 2.05) is 25.1 Å². The highest BCUT2D eigenvalue weighted by molar-refractivity contribution is 6.01. The first-order chi connectivity index (χ1) is 31.8. The van der Waals surface area contributed by atoms with Crippen molar-refractivity contribution in [2.75, 3.05) is 52.2 Å². The molecular formula is C49H65N11O7. The molecule has 1 aromatic heterocycles. The van der Waals surface area contributed by atoms with Gasteiger partial charge in [0.25, 0.3) is 5.91 Å². The zero-order valence-electron chi connectivity index (χ0n) is 39.5. The number of nitrogens with one attached hydrogen (secondary N) is 4. The number of aromatic nitrogens is 1. The summed E-state index contributed by atoms with van der Waals surface area (Å²) in [6.07, 6.45) is 5.62. The number of nitrogens with two attached hydrogens (primary N) is 4. The molecule has 4 rings (SSSR count). The molecule has 0 radical (unpaired) electrons. The Hall–Kier alpha value is -7.07. The van der Waals surface area contributed by atoms with Gasteiger partial charge in [-0.25, -0.2) is 0 Å². The van der Waals surface area contributed by atoms with Gasteiger partial charge in [0.05, 0.1) is 28.7 Å². The maximum atomic E-state index is 14.7. The lowest BCUT2D eigenvalue weighted by Gasteiger charge is -2.32. The summed E-state index contributed by atoms with van der Waals surface area (Å²) in [5, 5.41) is 19.9. The Labute approximate surface area is 392 Å². The molecule has 12 N–H and O–H groups in total. The number of benzene rings is 2. The molecule has 0 saturated carbocycles. The second-order valence-electron chi connectivity index (χ2n) is 17.2. The van der Waals surface area contributed by atoms with Crippen LogP contribution in [0.15, 0.2) is 72.8 Å². The summed E-state index contributed by atoms with van der Waals surface area (Å²) in [6, 6.07) is 8.44. The third-order valence-corrected chi connectivity index (χ3v) is 11.1. The number of likely N-dealkylation sites (N-methyl/N-ethyl adjacent to an activating group) is 1. The number of hydrogen-bond acceptors (Lipinski definition) is 13. The number of nitriles is 1. The van der Waals surface area contributed by atoms with E-state index < -0.39 is 53.7 Å². The van der Waals surface area contributed by atoms with Crippen LogP contribution < -0.4 is 53.7 Å². The number of aryl methyl sites for hydroxylation is 1. The molecule has 358 valence electrons. The third kappa shape index (κ3) is 13.5. The lowest BCUT2D eigenvalue weighted by Crippen LogP contribution is -2.56. The topological polar surface area (TPSA) is 296 Å². The van der Waals surface area contributed by atoms with Gasteiger partial charge in [0.15, 0.2) is 0 Å². The number of rotatable bonds is 17. The first-order valence-corrected chi connectivity index (χ1v) is 22.0. The maximum absolute atomic E-state index is 14.7. The predicted molar refractivity (Wildman–Crippen MR) is 258 cm³/mol. The van der Waals surface area contributed by atoms with Gasteiger partial charge in [-0.15, -0.1) is 0 Å². The minimum Gasteiger partial charge on any atom is -0.492 e. The van der Waals surface area contributed by atoms with Crippen molar-refractivity contribution in [1.82, 2.24) is 31.2 Å². The number of carbonyl (C=O) groups excluding carboxylic acids is 5. The highest BCUT2D eigenvalue weighted by Crippen LogP contribution is 2.40. The maximum Gasteiger partial charge on any atom is 0.253 e. The molecule has 1 aliphatic heterocycles. The molecule has 3 aromatic rings. The van der Waals surface area contributed by atoms with E-state index in [0.717, 1.165) is 11.1 Å². The van der Waals surface area contributed by atoms with Gasteiger partial charge in [0.2, 0.25) is 23.6 Å². The Bertz CT molecular complexity index is 2440. The van der Waals surface area contributed by atoms with Crippen LogP contribution in [0.2, 0.25) is 0 Å². The number of ether oxygens (including phenoxy) is 2. The molecule has 0 saturated heterocycles. The Morgan fingerprint density at radius 1 is 0.985 bits per heavy atom. The van der Waals surface area contributed by atoms with Crippen molar-refractivity contribution in [3.05, 3.63) is 101 Å². The van der Waals surface area contributed by atoms with Gasteiger partial charge in [0.1, 0.15) is 55.4 Å². The zero-order valence-corrected chi connectivity index (χ0v) is 39.5. The van der Waals surface area contributed by atoms with Crippen LogP contribution in [0, 0.1) is 23.7 Å². The van der Waals surface area contributed by atoms with Crippen LogP contribution in [0.4, 0.5) is 5.69 Å². The lowest BCUT2D eigenvalue weighted by molar-refractivity contribution is -0.141. The van der Waals surface area contributed by atoms with E-state index in [4.69, 9.17) is 37.7 Å². The van der Waals surface area contributed by atoms with E-state index in [2.05, 4.69) is 53.6 Å².